The number of fused-ring (bicyclic) bond motifs is 8. The zero-order valence-electron chi connectivity index (χ0n) is 27.9. The topological polar surface area (TPSA) is 63.0 Å². The lowest BCUT2D eigenvalue weighted by Gasteiger charge is -2.24. The number of benzene rings is 8. The SMILES string of the molecule is c1ccc2cc(C3=NC(c4cccc5oc6c(-c7ccc8ccccc8c7)cccc6c45)=NC(c4cccc5oc6ccccc6c45)N3)ccc2c1. The van der Waals surface area contributed by atoms with Crippen LogP contribution in [0.25, 0.3) is 76.5 Å². The Bertz CT molecular complexity index is 3130. The number of nitrogens with zero attached hydrogens (tertiary/aromatic N) is 2. The molecule has 11 rings (SSSR count). The van der Waals surface area contributed by atoms with Gasteiger partial charge in [0.1, 0.15) is 34.3 Å². The van der Waals surface area contributed by atoms with E-state index in [2.05, 4.69) is 133 Å². The summed E-state index contributed by atoms with van der Waals surface area (Å²) in [6.07, 6.45) is -0.430. The molecule has 1 N–H and O–H groups in total. The molecule has 5 nitrogen and oxygen atoms in total. The number of rotatable bonds is 4. The van der Waals surface area contributed by atoms with Gasteiger partial charge in [0.05, 0.1) is 0 Å². The van der Waals surface area contributed by atoms with Crippen molar-refractivity contribution < 1.29 is 8.83 Å². The van der Waals surface area contributed by atoms with Crippen molar-refractivity contribution in [2.24, 2.45) is 9.98 Å². The number of hydrogen-bond donors (Lipinski definition) is 1. The van der Waals surface area contributed by atoms with Crippen molar-refractivity contribution >= 4 is 77.1 Å². The Kier molecular flexibility index (Phi) is 6.25. The average Bonchev–Trinajstić information content (AvgIpc) is 3.79. The molecule has 1 atom stereocenters. The fraction of sp³-hybridized carbons (Fsp3) is 0.0213. The Hall–Kier alpha value is -6.98. The van der Waals surface area contributed by atoms with E-state index in [1.165, 1.54) is 16.2 Å². The molecular weight excluding hydrogens is 639 g/mol. The molecule has 1 aliphatic heterocycles. The van der Waals surface area contributed by atoms with Gasteiger partial charge in [-0.25, -0.2) is 9.98 Å². The lowest BCUT2D eigenvalue weighted by atomic mass is 9.98. The first-order valence-corrected chi connectivity index (χ1v) is 17.5. The average molecular weight is 668 g/mol. The predicted molar refractivity (Wildman–Crippen MR) is 213 cm³/mol. The van der Waals surface area contributed by atoms with E-state index in [0.717, 1.165) is 82.9 Å². The van der Waals surface area contributed by atoms with Crippen LogP contribution < -0.4 is 5.32 Å². The fourth-order valence-corrected chi connectivity index (χ4v) is 7.86. The van der Waals surface area contributed by atoms with Crippen LogP contribution in [0.5, 0.6) is 0 Å². The second-order valence-corrected chi connectivity index (χ2v) is 13.4. The quantitative estimate of drug-likeness (QED) is 0.203. The van der Waals surface area contributed by atoms with Gasteiger partial charge in [-0.3, -0.25) is 0 Å². The second kappa shape index (κ2) is 11.3. The van der Waals surface area contributed by atoms with Crippen LogP contribution in [-0.4, -0.2) is 11.7 Å². The van der Waals surface area contributed by atoms with Crippen LogP contribution in [-0.2, 0) is 0 Å². The highest BCUT2D eigenvalue weighted by molar-refractivity contribution is 6.23. The third kappa shape index (κ3) is 4.49. The highest BCUT2D eigenvalue weighted by Gasteiger charge is 2.26. The van der Waals surface area contributed by atoms with Crippen molar-refractivity contribution in [2.45, 2.75) is 6.17 Å². The highest BCUT2D eigenvalue weighted by Crippen LogP contribution is 2.40. The van der Waals surface area contributed by atoms with Gasteiger partial charge in [0.2, 0.25) is 0 Å². The van der Waals surface area contributed by atoms with Gasteiger partial charge in [-0.15, -0.1) is 0 Å². The minimum atomic E-state index is -0.430. The Morgan fingerprint density at radius 2 is 1.08 bits per heavy atom. The molecule has 0 saturated heterocycles. The van der Waals surface area contributed by atoms with E-state index in [9.17, 15) is 0 Å². The van der Waals surface area contributed by atoms with Gasteiger partial charge in [-0.2, -0.15) is 0 Å². The van der Waals surface area contributed by atoms with Gasteiger partial charge in [-0.1, -0.05) is 133 Å². The van der Waals surface area contributed by atoms with Gasteiger partial charge in [0.25, 0.3) is 0 Å². The summed E-state index contributed by atoms with van der Waals surface area (Å²) in [5.41, 5.74) is 8.42. The van der Waals surface area contributed by atoms with Crippen LogP contribution in [0, 0.1) is 0 Å². The minimum absolute atomic E-state index is 0.430. The van der Waals surface area contributed by atoms with Crippen LogP contribution in [0.4, 0.5) is 0 Å². The number of aliphatic imine (C=N–C) groups is 2. The molecule has 1 unspecified atom stereocenters. The van der Waals surface area contributed by atoms with Crippen molar-refractivity contribution in [1.29, 1.82) is 0 Å². The molecule has 244 valence electrons. The standard InChI is InChI=1S/C47H29N3O2/c1-3-12-30-26-32(24-22-28(30)10-1)34-15-7-16-36-43-38(18-9-21-41(43)52-44(34)36)47-49-45(33-25-23-29-11-2-4-13-31(29)27-33)48-46(50-47)37-17-8-20-40-42(37)35-14-5-6-19-39(35)51-40/h1-27,46H,(H,48,49,50). The molecule has 0 saturated carbocycles. The normalized spacial score (nSPS) is 14.7. The smallest absolute Gasteiger partial charge is 0.160 e. The molecule has 2 aromatic heterocycles. The maximum atomic E-state index is 6.72. The van der Waals surface area contributed by atoms with Crippen LogP contribution >= 0.6 is 0 Å². The molecule has 3 heterocycles. The summed E-state index contributed by atoms with van der Waals surface area (Å²) in [4.78, 5) is 10.7. The second-order valence-electron chi connectivity index (χ2n) is 13.4. The maximum Gasteiger partial charge on any atom is 0.160 e. The summed E-state index contributed by atoms with van der Waals surface area (Å²) in [5, 5.41) is 12.6. The Balaban J connectivity index is 1.13. The third-order valence-corrected chi connectivity index (χ3v) is 10.3. The number of para-hydroxylation sites is 2. The molecular formula is C47H29N3O2. The molecule has 52 heavy (non-hydrogen) atoms. The first-order chi connectivity index (χ1) is 25.7. The van der Waals surface area contributed by atoms with Crippen molar-refractivity contribution in [3.63, 3.8) is 0 Å². The lowest BCUT2D eigenvalue weighted by molar-refractivity contribution is 0.662. The Labute approximate surface area is 298 Å². The minimum Gasteiger partial charge on any atom is -0.456 e. The van der Waals surface area contributed by atoms with E-state index >= 15 is 0 Å². The summed E-state index contributed by atoms with van der Waals surface area (Å²) in [6.45, 7) is 0. The molecule has 0 aliphatic carbocycles. The molecule has 0 fully saturated rings. The molecule has 0 radical (unpaired) electrons. The van der Waals surface area contributed by atoms with Gasteiger partial charge in [0, 0.05) is 43.8 Å². The van der Waals surface area contributed by atoms with E-state index in [-0.39, 0.29) is 0 Å². The van der Waals surface area contributed by atoms with Gasteiger partial charge in [-0.05, 0) is 57.4 Å². The maximum absolute atomic E-state index is 6.72. The van der Waals surface area contributed by atoms with E-state index in [4.69, 9.17) is 18.8 Å². The van der Waals surface area contributed by atoms with Crippen molar-refractivity contribution in [1.82, 2.24) is 5.32 Å². The third-order valence-electron chi connectivity index (χ3n) is 10.3. The zero-order chi connectivity index (χ0) is 34.2. The highest BCUT2D eigenvalue weighted by atomic mass is 16.3. The van der Waals surface area contributed by atoms with E-state index in [0.29, 0.717) is 5.84 Å². The monoisotopic (exact) mass is 667 g/mol. The molecule has 1 aliphatic rings. The largest absolute Gasteiger partial charge is 0.456 e. The Morgan fingerprint density at radius 1 is 0.462 bits per heavy atom. The van der Waals surface area contributed by atoms with Crippen LogP contribution in [0.1, 0.15) is 22.9 Å². The Morgan fingerprint density at radius 3 is 1.90 bits per heavy atom. The zero-order valence-corrected chi connectivity index (χ0v) is 27.9. The predicted octanol–water partition coefficient (Wildman–Crippen LogP) is 12.0. The number of amidine groups is 2. The summed E-state index contributed by atoms with van der Waals surface area (Å²) in [5.74, 6) is 1.40. The first kappa shape index (κ1) is 28.8. The summed E-state index contributed by atoms with van der Waals surface area (Å²) in [6, 6.07) is 56.9. The molecule has 0 spiro atoms. The van der Waals surface area contributed by atoms with Crippen LogP contribution in [0.2, 0.25) is 0 Å². The van der Waals surface area contributed by atoms with E-state index in [1.807, 2.05) is 36.4 Å². The van der Waals surface area contributed by atoms with Crippen molar-refractivity contribution in [2.75, 3.05) is 0 Å². The first-order valence-electron chi connectivity index (χ1n) is 17.5. The molecule has 0 amide bonds. The van der Waals surface area contributed by atoms with E-state index in [1.54, 1.807) is 0 Å². The fourth-order valence-electron chi connectivity index (χ4n) is 7.86. The molecule has 0 bridgehead atoms. The van der Waals surface area contributed by atoms with Crippen molar-refractivity contribution in [3.8, 4) is 11.1 Å². The van der Waals surface area contributed by atoms with Crippen LogP contribution in [0.3, 0.4) is 0 Å². The van der Waals surface area contributed by atoms with Crippen molar-refractivity contribution in [3.05, 3.63) is 180 Å². The van der Waals surface area contributed by atoms with Crippen LogP contribution in [0.15, 0.2) is 183 Å². The lowest BCUT2D eigenvalue weighted by Crippen LogP contribution is -2.33. The molecule has 10 aromatic rings. The summed E-state index contributed by atoms with van der Waals surface area (Å²) < 4.78 is 13.0. The van der Waals surface area contributed by atoms with Gasteiger partial charge in [0.15, 0.2) is 5.84 Å². The van der Waals surface area contributed by atoms with E-state index < -0.39 is 6.17 Å². The van der Waals surface area contributed by atoms with Gasteiger partial charge >= 0.3 is 0 Å². The number of furan rings is 2. The molecule has 5 heteroatoms. The summed E-state index contributed by atoms with van der Waals surface area (Å²) >= 11 is 0. The molecule has 8 aromatic carbocycles. The number of hydrogen-bond acceptors (Lipinski definition) is 5. The summed E-state index contributed by atoms with van der Waals surface area (Å²) in [7, 11) is 0. The van der Waals surface area contributed by atoms with Gasteiger partial charge < -0.3 is 14.2 Å². The number of nitrogens with one attached hydrogen (secondary N) is 1.